The number of nitrogens with one attached hydrogen (secondary N) is 1. The van der Waals surface area contributed by atoms with Crippen molar-refractivity contribution < 1.29 is 29.0 Å². The van der Waals surface area contributed by atoms with Crippen molar-refractivity contribution in [2.75, 3.05) is 6.61 Å². The van der Waals surface area contributed by atoms with E-state index >= 15 is 0 Å². The molecule has 0 bridgehead atoms. The van der Waals surface area contributed by atoms with Gasteiger partial charge in [0.1, 0.15) is 5.75 Å². The van der Waals surface area contributed by atoms with Gasteiger partial charge >= 0.3 is 18.0 Å². The molecule has 0 fully saturated rings. The molecule has 7 nitrogen and oxygen atoms in total. The van der Waals surface area contributed by atoms with E-state index < -0.39 is 24.1 Å². The molecule has 0 aliphatic heterocycles. The standard InChI is InChI=1S/C15H19NO6/c1-2-21-14(19)10-11(8-9-13(17)18)16-15(20)22-12-6-4-3-5-7-12/h3-7,11H,2,8-10H2,1H3,(H,16,20)(H,17,18). The first-order valence-electron chi connectivity index (χ1n) is 6.92. The maximum atomic E-state index is 11.8. The Labute approximate surface area is 128 Å². The van der Waals surface area contributed by atoms with Gasteiger partial charge in [-0.05, 0) is 25.5 Å². The number of carbonyl (C=O) groups is 3. The summed E-state index contributed by atoms with van der Waals surface area (Å²) >= 11 is 0. The third-order valence-corrected chi connectivity index (χ3v) is 2.70. The molecule has 0 aromatic heterocycles. The molecular weight excluding hydrogens is 290 g/mol. The Kier molecular flexibility index (Phi) is 7.45. The van der Waals surface area contributed by atoms with Crippen LogP contribution in [0.1, 0.15) is 26.2 Å². The van der Waals surface area contributed by atoms with E-state index in [0.29, 0.717) is 5.75 Å². The minimum Gasteiger partial charge on any atom is -0.481 e. The Morgan fingerprint density at radius 2 is 1.91 bits per heavy atom. The number of ether oxygens (including phenoxy) is 2. The van der Waals surface area contributed by atoms with Crippen molar-refractivity contribution in [3.8, 4) is 5.75 Å². The van der Waals surface area contributed by atoms with E-state index in [4.69, 9.17) is 14.6 Å². The number of carboxylic acid groups (broad SMARTS) is 1. The first kappa shape index (κ1) is 17.5. The Bertz CT molecular complexity index is 502. The minimum absolute atomic E-state index is 0.106. The first-order valence-corrected chi connectivity index (χ1v) is 6.92. The molecule has 22 heavy (non-hydrogen) atoms. The molecule has 1 unspecified atom stereocenters. The Morgan fingerprint density at radius 3 is 2.50 bits per heavy atom. The fourth-order valence-electron chi connectivity index (χ4n) is 1.74. The van der Waals surface area contributed by atoms with Crippen molar-refractivity contribution in [2.24, 2.45) is 0 Å². The highest BCUT2D eigenvalue weighted by Crippen LogP contribution is 2.10. The van der Waals surface area contributed by atoms with E-state index in [9.17, 15) is 14.4 Å². The van der Waals surface area contributed by atoms with Crippen molar-refractivity contribution in [2.45, 2.75) is 32.2 Å². The lowest BCUT2D eigenvalue weighted by molar-refractivity contribution is -0.144. The fraction of sp³-hybridized carbons (Fsp3) is 0.400. The predicted molar refractivity (Wildman–Crippen MR) is 77.5 cm³/mol. The van der Waals surface area contributed by atoms with Crippen LogP contribution in [0.2, 0.25) is 0 Å². The molecule has 1 amide bonds. The quantitative estimate of drug-likeness (QED) is 0.712. The van der Waals surface area contributed by atoms with Gasteiger partial charge in [-0.2, -0.15) is 0 Å². The van der Waals surface area contributed by atoms with Gasteiger partial charge in [0.05, 0.1) is 13.0 Å². The van der Waals surface area contributed by atoms with Gasteiger partial charge in [-0.15, -0.1) is 0 Å². The number of para-hydroxylation sites is 1. The number of amides is 1. The molecule has 120 valence electrons. The summed E-state index contributed by atoms with van der Waals surface area (Å²) in [6.45, 7) is 1.89. The molecule has 1 aromatic carbocycles. The monoisotopic (exact) mass is 309 g/mol. The topological polar surface area (TPSA) is 102 Å². The van der Waals surface area contributed by atoms with Crippen LogP contribution in [0, 0.1) is 0 Å². The molecule has 0 aliphatic rings. The molecule has 0 heterocycles. The van der Waals surface area contributed by atoms with Crippen LogP contribution in [-0.4, -0.2) is 35.8 Å². The van der Waals surface area contributed by atoms with E-state index in [1.54, 1.807) is 37.3 Å². The number of hydrogen-bond donors (Lipinski definition) is 2. The van der Waals surface area contributed by atoms with Gasteiger partial charge < -0.3 is 19.9 Å². The average Bonchev–Trinajstić information content (AvgIpc) is 2.46. The van der Waals surface area contributed by atoms with Crippen LogP contribution in [0.25, 0.3) is 0 Å². The Morgan fingerprint density at radius 1 is 1.23 bits per heavy atom. The third-order valence-electron chi connectivity index (χ3n) is 2.70. The van der Waals surface area contributed by atoms with Gasteiger partial charge in [-0.25, -0.2) is 4.79 Å². The number of carboxylic acids is 1. The SMILES string of the molecule is CCOC(=O)CC(CCC(=O)O)NC(=O)Oc1ccccc1. The lowest BCUT2D eigenvalue weighted by Crippen LogP contribution is -2.39. The molecule has 0 saturated heterocycles. The lowest BCUT2D eigenvalue weighted by Gasteiger charge is -2.17. The molecule has 0 radical (unpaired) electrons. The van der Waals surface area contributed by atoms with Crippen LogP contribution in [0.15, 0.2) is 30.3 Å². The predicted octanol–water partition coefficient (Wildman–Crippen LogP) is 1.96. The molecule has 2 N–H and O–H groups in total. The smallest absolute Gasteiger partial charge is 0.412 e. The van der Waals surface area contributed by atoms with E-state index in [1.165, 1.54) is 0 Å². The minimum atomic E-state index is -1.01. The normalized spacial score (nSPS) is 11.3. The molecule has 1 atom stereocenters. The molecule has 1 rings (SSSR count). The molecule has 0 aliphatic carbocycles. The summed E-state index contributed by atoms with van der Waals surface area (Å²) in [4.78, 5) is 33.9. The van der Waals surface area contributed by atoms with Crippen molar-refractivity contribution in [3.63, 3.8) is 0 Å². The summed E-state index contributed by atoms with van der Waals surface area (Å²) < 4.78 is 9.84. The van der Waals surface area contributed by atoms with Crippen LogP contribution in [0.3, 0.4) is 0 Å². The fourth-order valence-corrected chi connectivity index (χ4v) is 1.74. The van der Waals surface area contributed by atoms with Crippen LogP contribution in [-0.2, 0) is 14.3 Å². The van der Waals surface area contributed by atoms with Crippen molar-refractivity contribution >= 4 is 18.0 Å². The first-order chi connectivity index (χ1) is 10.5. The zero-order chi connectivity index (χ0) is 16.4. The summed E-state index contributed by atoms with van der Waals surface area (Å²) in [5, 5.41) is 11.2. The van der Waals surface area contributed by atoms with Gasteiger partial charge in [0, 0.05) is 12.5 Å². The second-order valence-corrected chi connectivity index (χ2v) is 4.49. The maximum absolute atomic E-state index is 11.8. The number of benzene rings is 1. The second-order valence-electron chi connectivity index (χ2n) is 4.49. The van der Waals surface area contributed by atoms with Crippen LogP contribution < -0.4 is 10.1 Å². The summed E-state index contributed by atoms with van der Waals surface area (Å²) in [6.07, 6.45) is -0.912. The molecule has 1 aromatic rings. The van der Waals surface area contributed by atoms with Crippen LogP contribution in [0.4, 0.5) is 4.79 Å². The van der Waals surface area contributed by atoms with Crippen LogP contribution >= 0.6 is 0 Å². The maximum Gasteiger partial charge on any atom is 0.412 e. The van der Waals surface area contributed by atoms with Gasteiger partial charge in [-0.1, -0.05) is 18.2 Å². The molecule has 0 spiro atoms. The summed E-state index contributed by atoms with van der Waals surface area (Å²) in [5.41, 5.74) is 0. The molecular formula is C15H19NO6. The second kappa shape index (κ2) is 9.38. The largest absolute Gasteiger partial charge is 0.481 e. The summed E-state index contributed by atoms with van der Waals surface area (Å²) in [7, 11) is 0. The van der Waals surface area contributed by atoms with Crippen LogP contribution in [0.5, 0.6) is 5.75 Å². The zero-order valence-corrected chi connectivity index (χ0v) is 12.3. The summed E-state index contributed by atoms with van der Waals surface area (Å²) in [6, 6.07) is 7.76. The highest BCUT2D eigenvalue weighted by molar-refractivity contribution is 5.74. The zero-order valence-electron chi connectivity index (χ0n) is 12.3. The molecule has 7 heteroatoms. The van der Waals surface area contributed by atoms with Gasteiger partial charge in [0.15, 0.2) is 0 Å². The Balaban J connectivity index is 2.55. The van der Waals surface area contributed by atoms with E-state index in [1.807, 2.05) is 0 Å². The Hall–Kier alpha value is -2.57. The van der Waals surface area contributed by atoms with Crippen molar-refractivity contribution in [1.29, 1.82) is 0 Å². The number of aliphatic carboxylic acids is 1. The highest BCUT2D eigenvalue weighted by Gasteiger charge is 2.19. The lowest BCUT2D eigenvalue weighted by atomic mass is 10.1. The highest BCUT2D eigenvalue weighted by atomic mass is 16.6. The molecule has 0 saturated carbocycles. The number of esters is 1. The van der Waals surface area contributed by atoms with Crippen molar-refractivity contribution in [3.05, 3.63) is 30.3 Å². The third kappa shape index (κ3) is 7.28. The van der Waals surface area contributed by atoms with E-state index in [-0.39, 0.29) is 25.9 Å². The number of carbonyl (C=O) groups excluding carboxylic acids is 2. The van der Waals surface area contributed by atoms with Gasteiger partial charge in [0.2, 0.25) is 0 Å². The van der Waals surface area contributed by atoms with Gasteiger partial charge in [0.25, 0.3) is 0 Å². The van der Waals surface area contributed by atoms with Gasteiger partial charge in [-0.3, -0.25) is 9.59 Å². The summed E-state index contributed by atoms with van der Waals surface area (Å²) in [5.74, 6) is -1.15. The number of rotatable bonds is 8. The van der Waals surface area contributed by atoms with E-state index in [2.05, 4.69) is 5.32 Å². The van der Waals surface area contributed by atoms with Crippen molar-refractivity contribution in [1.82, 2.24) is 5.32 Å². The average molecular weight is 309 g/mol. The van der Waals surface area contributed by atoms with E-state index in [0.717, 1.165) is 0 Å². The number of hydrogen-bond acceptors (Lipinski definition) is 5.